The molecule has 0 aliphatic heterocycles. The maximum atomic E-state index is 6.05. The molecular formula is C12H14ClN3S. The van der Waals surface area contributed by atoms with Crippen LogP contribution in [0.5, 0.6) is 0 Å². The van der Waals surface area contributed by atoms with Gasteiger partial charge in [0.25, 0.3) is 0 Å². The highest BCUT2D eigenvalue weighted by Gasteiger charge is 2.26. The highest BCUT2D eigenvalue weighted by atomic mass is 35.5. The molecule has 2 atom stereocenters. The average Bonchev–Trinajstić information content (AvgIpc) is 2.96. The van der Waals surface area contributed by atoms with E-state index in [1.165, 1.54) is 10.4 Å². The number of H-pyrrole nitrogens is 1. The molecule has 2 heterocycles. The highest BCUT2D eigenvalue weighted by Crippen LogP contribution is 2.40. The van der Waals surface area contributed by atoms with Crippen molar-refractivity contribution in [2.24, 2.45) is 0 Å². The normalized spacial score (nSPS) is 20.5. The predicted molar refractivity (Wildman–Crippen MR) is 70.5 cm³/mol. The van der Waals surface area contributed by atoms with E-state index in [0.29, 0.717) is 6.04 Å². The molecule has 5 heteroatoms. The summed E-state index contributed by atoms with van der Waals surface area (Å²) in [5.74, 6) is 0.986. The second-order valence-electron chi connectivity index (χ2n) is 4.38. The number of nitrogens with one attached hydrogen (secondary N) is 2. The van der Waals surface area contributed by atoms with Crippen molar-refractivity contribution in [2.45, 2.75) is 31.8 Å². The first-order valence-corrected chi connectivity index (χ1v) is 6.97. The summed E-state index contributed by atoms with van der Waals surface area (Å²) in [6.45, 7) is 2.13. The number of hydrogen-bond acceptors (Lipinski definition) is 3. The van der Waals surface area contributed by atoms with Crippen molar-refractivity contribution in [3.63, 3.8) is 0 Å². The third kappa shape index (κ3) is 2.12. The van der Waals surface area contributed by atoms with Gasteiger partial charge in [0.1, 0.15) is 5.82 Å². The third-order valence-electron chi connectivity index (χ3n) is 3.23. The smallest absolute Gasteiger partial charge is 0.122 e. The van der Waals surface area contributed by atoms with Crippen LogP contribution >= 0.6 is 22.9 Å². The van der Waals surface area contributed by atoms with Crippen LogP contribution in [0, 0.1) is 0 Å². The number of halogens is 1. The van der Waals surface area contributed by atoms with Crippen molar-refractivity contribution in [1.82, 2.24) is 15.3 Å². The molecule has 2 aromatic heterocycles. The molecule has 0 saturated carbocycles. The first-order valence-electron chi connectivity index (χ1n) is 5.77. The molecule has 3 rings (SSSR count). The fourth-order valence-electron chi connectivity index (χ4n) is 2.40. The molecule has 1 aliphatic carbocycles. The first-order chi connectivity index (χ1) is 8.24. The Labute approximate surface area is 109 Å². The van der Waals surface area contributed by atoms with Gasteiger partial charge in [-0.2, -0.15) is 0 Å². The quantitative estimate of drug-likeness (QED) is 0.894. The van der Waals surface area contributed by atoms with Crippen LogP contribution in [0.4, 0.5) is 0 Å². The monoisotopic (exact) mass is 267 g/mol. The molecular weight excluding hydrogens is 254 g/mol. The van der Waals surface area contributed by atoms with Gasteiger partial charge in [-0.05, 0) is 31.4 Å². The van der Waals surface area contributed by atoms with E-state index in [4.69, 9.17) is 11.6 Å². The van der Waals surface area contributed by atoms with E-state index in [1.54, 1.807) is 17.5 Å². The molecule has 0 fully saturated rings. The van der Waals surface area contributed by atoms with Gasteiger partial charge in [-0.1, -0.05) is 11.6 Å². The molecule has 0 radical (unpaired) electrons. The molecule has 0 spiro atoms. The van der Waals surface area contributed by atoms with Gasteiger partial charge >= 0.3 is 0 Å². The minimum atomic E-state index is 0.236. The minimum absolute atomic E-state index is 0.236. The predicted octanol–water partition coefficient (Wildman–Crippen LogP) is 3.46. The lowest BCUT2D eigenvalue weighted by Gasteiger charge is -2.18. The lowest BCUT2D eigenvalue weighted by Crippen LogP contribution is -2.23. The summed E-state index contributed by atoms with van der Waals surface area (Å²) in [6.07, 6.45) is 5.93. The number of hydrogen-bond donors (Lipinski definition) is 2. The van der Waals surface area contributed by atoms with E-state index in [2.05, 4.69) is 28.3 Å². The van der Waals surface area contributed by atoms with Crippen LogP contribution in [-0.4, -0.2) is 9.97 Å². The molecule has 2 N–H and O–H groups in total. The molecule has 2 aromatic rings. The zero-order valence-electron chi connectivity index (χ0n) is 9.53. The number of aryl methyl sites for hydroxylation is 1. The summed E-state index contributed by atoms with van der Waals surface area (Å²) < 4.78 is 0.896. The van der Waals surface area contributed by atoms with Crippen LogP contribution in [0.25, 0.3) is 0 Å². The van der Waals surface area contributed by atoms with Gasteiger partial charge in [0.15, 0.2) is 0 Å². The zero-order valence-corrected chi connectivity index (χ0v) is 11.1. The van der Waals surface area contributed by atoms with Gasteiger partial charge in [0.2, 0.25) is 0 Å². The third-order valence-corrected chi connectivity index (χ3v) is 4.57. The number of aromatic amines is 1. The maximum Gasteiger partial charge on any atom is 0.122 e. The van der Waals surface area contributed by atoms with E-state index in [0.717, 1.165) is 23.0 Å². The van der Waals surface area contributed by atoms with Crippen molar-refractivity contribution in [1.29, 1.82) is 0 Å². The molecule has 1 aliphatic rings. The molecule has 0 bridgehead atoms. The Morgan fingerprint density at radius 2 is 2.53 bits per heavy atom. The van der Waals surface area contributed by atoms with Gasteiger partial charge in [0.05, 0.1) is 10.4 Å². The van der Waals surface area contributed by atoms with Crippen LogP contribution in [0.1, 0.15) is 41.7 Å². The Hall–Kier alpha value is -0.840. The molecule has 0 saturated heterocycles. The Kier molecular flexibility index (Phi) is 2.94. The van der Waals surface area contributed by atoms with Crippen LogP contribution in [-0.2, 0) is 6.42 Å². The second kappa shape index (κ2) is 4.44. The summed E-state index contributed by atoms with van der Waals surface area (Å²) in [4.78, 5) is 8.85. The van der Waals surface area contributed by atoms with Gasteiger partial charge in [-0.25, -0.2) is 4.98 Å². The molecule has 17 heavy (non-hydrogen) atoms. The summed E-state index contributed by atoms with van der Waals surface area (Å²) in [6, 6.07) is 2.75. The SMILES string of the molecule is CC(NC1CCc2sc(Cl)cc21)c1ncc[nH]1. The maximum absolute atomic E-state index is 6.05. The van der Waals surface area contributed by atoms with E-state index in [1.807, 2.05) is 6.20 Å². The highest BCUT2D eigenvalue weighted by molar-refractivity contribution is 7.16. The number of fused-ring (bicyclic) bond motifs is 1. The summed E-state index contributed by atoms with van der Waals surface area (Å²) in [5, 5.41) is 3.61. The van der Waals surface area contributed by atoms with Crippen molar-refractivity contribution in [2.75, 3.05) is 0 Å². The lowest BCUT2D eigenvalue weighted by atomic mass is 10.1. The van der Waals surface area contributed by atoms with Crippen molar-refractivity contribution >= 4 is 22.9 Å². The topological polar surface area (TPSA) is 40.7 Å². The number of thiophene rings is 1. The van der Waals surface area contributed by atoms with Crippen molar-refractivity contribution in [3.05, 3.63) is 39.1 Å². The fraction of sp³-hybridized carbons (Fsp3) is 0.417. The molecule has 2 unspecified atom stereocenters. The van der Waals surface area contributed by atoms with Gasteiger partial charge < -0.3 is 10.3 Å². The Morgan fingerprint density at radius 3 is 3.29 bits per heavy atom. The second-order valence-corrected chi connectivity index (χ2v) is 6.15. The van der Waals surface area contributed by atoms with E-state index in [-0.39, 0.29) is 6.04 Å². The molecule has 3 nitrogen and oxygen atoms in total. The zero-order chi connectivity index (χ0) is 11.8. The van der Waals surface area contributed by atoms with Crippen molar-refractivity contribution in [3.8, 4) is 0 Å². The number of imidazole rings is 1. The molecule has 0 aromatic carbocycles. The summed E-state index contributed by atoms with van der Waals surface area (Å²) >= 11 is 7.76. The van der Waals surface area contributed by atoms with Crippen LogP contribution in [0.2, 0.25) is 4.34 Å². The Bertz CT molecular complexity index is 506. The summed E-state index contributed by atoms with van der Waals surface area (Å²) in [7, 11) is 0. The molecule has 90 valence electrons. The Balaban J connectivity index is 1.75. The molecule has 0 amide bonds. The number of aromatic nitrogens is 2. The fourth-order valence-corrected chi connectivity index (χ4v) is 3.76. The van der Waals surface area contributed by atoms with Gasteiger partial charge in [-0.3, -0.25) is 0 Å². The standard InChI is InChI=1S/C12H14ClN3S/c1-7(12-14-4-5-15-12)16-9-2-3-10-8(9)6-11(13)17-10/h4-7,9,16H,2-3H2,1H3,(H,14,15). The average molecular weight is 268 g/mol. The van der Waals surface area contributed by atoms with E-state index < -0.39 is 0 Å². The summed E-state index contributed by atoms with van der Waals surface area (Å²) in [5.41, 5.74) is 1.37. The van der Waals surface area contributed by atoms with E-state index >= 15 is 0 Å². The van der Waals surface area contributed by atoms with E-state index in [9.17, 15) is 0 Å². The van der Waals surface area contributed by atoms with Gasteiger partial charge in [-0.15, -0.1) is 11.3 Å². The first kappa shape index (κ1) is 11.3. The van der Waals surface area contributed by atoms with Gasteiger partial charge in [0, 0.05) is 23.3 Å². The minimum Gasteiger partial charge on any atom is -0.347 e. The lowest BCUT2D eigenvalue weighted by molar-refractivity contribution is 0.452. The Morgan fingerprint density at radius 1 is 1.65 bits per heavy atom. The van der Waals surface area contributed by atoms with Crippen molar-refractivity contribution < 1.29 is 0 Å². The van der Waals surface area contributed by atoms with Crippen LogP contribution in [0.3, 0.4) is 0 Å². The largest absolute Gasteiger partial charge is 0.347 e. The van der Waals surface area contributed by atoms with Crippen LogP contribution in [0.15, 0.2) is 18.5 Å². The number of nitrogens with zero attached hydrogens (tertiary/aromatic N) is 1. The number of rotatable bonds is 3. The van der Waals surface area contributed by atoms with Crippen LogP contribution < -0.4 is 5.32 Å².